The zero-order valence-corrected chi connectivity index (χ0v) is 13.5. The number of hydrogen-bond donors (Lipinski definition) is 0. The Kier molecular flexibility index (Phi) is 7.95. The van der Waals surface area contributed by atoms with Crippen LogP contribution in [-0.2, 0) is 5.33 Å². The highest BCUT2D eigenvalue weighted by atomic mass is 79.9. The molecule has 3 heteroatoms. The lowest BCUT2D eigenvalue weighted by Crippen LogP contribution is -1.98. The Morgan fingerprint density at radius 3 is 2.53 bits per heavy atom. The number of benzene rings is 1. The van der Waals surface area contributed by atoms with Gasteiger partial charge in [0.25, 0.3) is 0 Å². The van der Waals surface area contributed by atoms with E-state index in [4.69, 9.17) is 4.74 Å². The van der Waals surface area contributed by atoms with Crippen molar-refractivity contribution in [3.63, 3.8) is 0 Å². The van der Waals surface area contributed by atoms with Crippen LogP contribution < -0.4 is 4.74 Å². The third kappa shape index (κ3) is 5.91. The minimum atomic E-state index is 0.815. The van der Waals surface area contributed by atoms with Crippen molar-refractivity contribution in [3.05, 3.63) is 28.2 Å². The van der Waals surface area contributed by atoms with Crippen LogP contribution in [0.3, 0.4) is 0 Å². The third-order valence-corrected chi connectivity index (χ3v) is 3.92. The first-order chi connectivity index (χ1) is 8.27. The summed E-state index contributed by atoms with van der Waals surface area (Å²) in [4.78, 5) is 0. The number of unbranched alkanes of at least 4 members (excludes halogenated alkanes) is 4. The van der Waals surface area contributed by atoms with Gasteiger partial charge in [-0.05, 0) is 40.0 Å². The van der Waals surface area contributed by atoms with Gasteiger partial charge in [-0.1, -0.05) is 54.6 Å². The summed E-state index contributed by atoms with van der Waals surface area (Å²) in [6.07, 6.45) is 6.37. The highest BCUT2D eigenvalue weighted by molar-refractivity contribution is 9.10. The fraction of sp³-hybridized carbons (Fsp3) is 0.571. The molecule has 0 amide bonds. The van der Waals surface area contributed by atoms with Crippen molar-refractivity contribution in [2.75, 3.05) is 6.61 Å². The molecule has 1 nitrogen and oxygen atoms in total. The fourth-order valence-corrected chi connectivity index (χ4v) is 2.52. The molecule has 1 rings (SSSR count). The molecule has 96 valence electrons. The molecule has 1 aromatic carbocycles. The van der Waals surface area contributed by atoms with Crippen molar-refractivity contribution in [2.45, 2.75) is 44.4 Å². The summed E-state index contributed by atoms with van der Waals surface area (Å²) in [6.45, 7) is 3.05. The van der Waals surface area contributed by atoms with Crippen molar-refractivity contribution < 1.29 is 4.74 Å². The molecule has 0 spiro atoms. The maximum atomic E-state index is 5.75. The molecule has 0 saturated heterocycles. The van der Waals surface area contributed by atoms with Crippen molar-refractivity contribution >= 4 is 31.9 Å². The molecule has 17 heavy (non-hydrogen) atoms. The predicted molar refractivity (Wildman–Crippen MR) is 81.0 cm³/mol. The van der Waals surface area contributed by atoms with Crippen LogP contribution in [0.5, 0.6) is 5.75 Å². The van der Waals surface area contributed by atoms with Gasteiger partial charge in [0.15, 0.2) is 0 Å². The Balaban J connectivity index is 2.27. The van der Waals surface area contributed by atoms with E-state index in [2.05, 4.69) is 50.9 Å². The first kappa shape index (κ1) is 15.0. The molecule has 0 aliphatic rings. The zero-order chi connectivity index (χ0) is 12.5. The minimum absolute atomic E-state index is 0.815. The molecule has 0 saturated carbocycles. The summed E-state index contributed by atoms with van der Waals surface area (Å²) in [5.41, 5.74) is 1.26. The lowest BCUT2D eigenvalue weighted by molar-refractivity contribution is 0.303. The van der Waals surface area contributed by atoms with Crippen molar-refractivity contribution in [2.24, 2.45) is 0 Å². The molecule has 0 aliphatic heterocycles. The Morgan fingerprint density at radius 2 is 1.88 bits per heavy atom. The smallest absolute Gasteiger partial charge is 0.133 e. The number of rotatable bonds is 8. The molecule has 0 radical (unpaired) electrons. The van der Waals surface area contributed by atoms with E-state index in [0.29, 0.717) is 0 Å². The topological polar surface area (TPSA) is 9.23 Å². The maximum absolute atomic E-state index is 5.75. The van der Waals surface area contributed by atoms with Crippen molar-refractivity contribution in [3.8, 4) is 5.75 Å². The fourth-order valence-electron chi connectivity index (χ4n) is 1.63. The van der Waals surface area contributed by atoms with E-state index in [9.17, 15) is 0 Å². The molecule has 0 unspecified atom stereocenters. The molecule has 0 N–H and O–H groups in total. The Labute approximate surface area is 121 Å². The van der Waals surface area contributed by atoms with E-state index < -0.39 is 0 Å². The first-order valence-electron chi connectivity index (χ1n) is 6.25. The molecular weight excluding hydrogens is 344 g/mol. The summed E-state index contributed by atoms with van der Waals surface area (Å²) < 4.78 is 6.80. The van der Waals surface area contributed by atoms with Gasteiger partial charge in [-0.3, -0.25) is 0 Å². The van der Waals surface area contributed by atoms with E-state index in [1.807, 2.05) is 6.07 Å². The van der Waals surface area contributed by atoms with Gasteiger partial charge in [-0.2, -0.15) is 0 Å². The molecule has 0 fully saturated rings. The SMILES string of the molecule is CCCCCCCOc1ccc(CBr)cc1Br. The summed E-state index contributed by atoms with van der Waals surface area (Å²) >= 11 is 6.98. The van der Waals surface area contributed by atoms with Gasteiger partial charge in [0.2, 0.25) is 0 Å². The normalized spacial score (nSPS) is 10.5. The van der Waals surface area contributed by atoms with E-state index >= 15 is 0 Å². The van der Waals surface area contributed by atoms with Crippen LogP contribution in [0, 0.1) is 0 Å². The Bertz CT molecular complexity index is 326. The van der Waals surface area contributed by atoms with Gasteiger partial charge in [0.05, 0.1) is 11.1 Å². The second-order valence-corrected chi connectivity index (χ2v) is 5.58. The number of hydrogen-bond acceptors (Lipinski definition) is 1. The quantitative estimate of drug-likeness (QED) is 0.425. The van der Waals surface area contributed by atoms with E-state index in [0.717, 1.165) is 28.6 Å². The third-order valence-electron chi connectivity index (χ3n) is 2.66. The van der Waals surface area contributed by atoms with Crippen molar-refractivity contribution in [1.82, 2.24) is 0 Å². The van der Waals surface area contributed by atoms with Crippen LogP contribution in [-0.4, -0.2) is 6.61 Å². The lowest BCUT2D eigenvalue weighted by Gasteiger charge is -2.09. The molecule has 0 atom stereocenters. The highest BCUT2D eigenvalue weighted by Crippen LogP contribution is 2.27. The highest BCUT2D eigenvalue weighted by Gasteiger charge is 2.01. The average molecular weight is 364 g/mol. The monoisotopic (exact) mass is 362 g/mol. The minimum Gasteiger partial charge on any atom is -0.492 e. The molecule has 0 aliphatic carbocycles. The Morgan fingerprint density at radius 1 is 1.12 bits per heavy atom. The number of alkyl halides is 1. The van der Waals surface area contributed by atoms with Gasteiger partial charge < -0.3 is 4.74 Å². The summed E-state index contributed by atoms with van der Waals surface area (Å²) in [5, 5.41) is 0.878. The summed E-state index contributed by atoms with van der Waals surface area (Å²) in [7, 11) is 0. The Hall–Kier alpha value is -0.0200. The van der Waals surface area contributed by atoms with Gasteiger partial charge in [-0.25, -0.2) is 0 Å². The standard InChI is InChI=1S/C14H20Br2O/c1-2-3-4-5-6-9-17-14-8-7-12(11-15)10-13(14)16/h7-8,10H,2-6,9,11H2,1H3. The predicted octanol–water partition coefficient (Wildman–Crippen LogP) is 5.69. The molecule has 1 aromatic rings. The lowest BCUT2D eigenvalue weighted by atomic mass is 10.2. The first-order valence-corrected chi connectivity index (χ1v) is 8.16. The maximum Gasteiger partial charge on any atom is 0.133 e. The average Bonchev–Trinajstić information content (AvgIpc) is 2.35. The largest absolute Gasteiger partial charge is 0.492 e. The van der Waals surface area contributed by atoms with Gasteiger partial charge in [0, 0.05) is 5.33 Å². The number of halogens is 2. The van der Waals surface area contributed by atoms with Crippen LogP contribution in [0.15, 0.2) is 22.7 Å². The van der Waals surface area contributed by atoms with Gasteiger partial charge in [0.1, 0.15) is 5.75 Å². The van der Waals surface area contributed by atoms with Gasteiger partial charge in [-0.15, -0.1) is 0 Å². The van der Waals surface area contributed by atoms with Crippen molar-refractivity contribution in [1.29, 1.82) is 0 Å². The number of ether oxygens (including phenoxy) is 1. The second kappa shape index (κ2) is 8.98. The summed E-state index contributed by atoms with van der Waals surface area (Å²) in [5.74, 6) is 0.949. The van der Waals surface area contributed by atoms with E-state index in [1.165, 1.54) is 31.2 Å². The van der Waals surface area contributed by atoms with E-state index in [-0.39, 0.29) is 0 Å². The second-order valence-electron chi connectivity index (χ2n) is 4.16. The molecule has 0 bridgehead atoms. The molecular formula is C14H20Br2O. The van der Waals surface area contributed by atoms with E-state index in [1.54, 1.807) is 0 Å². The van der Waals surface area contributed by atoms with Crippen LogP contribution in [0.25, 0.3) is 0 Å². The van der Waals surface area contributed by atoms with Crippen LogP contribution in [0.2, 0.25) is 0 Å². The van der Waals surface area contributed by atoms with Crippen LogP contribution in [0.4, 0.5) is 0 Å². The summed E-state index contributed by atoms with van der Waals surface area (Å²) in [6, 6.07) is 6.22. The van der Waals surface area contributed by atoms with Crippen LogP contribution >= 0.6 is 31.9 Å². The van der Waals surface area contributed by atoms with Gasteiger partial charge >= 0.3 is 0 Å². The molecule has 0 heterocycles. The molecule has 0 aromatic heterocycles. The zero-order valence-electron chi connectivity index (χ0n) is 10.3. The van der Waals surface area contributed by atoms with Crippen LogP contribution in [0.1, 0.15) is 44.6 Å².